The van der Waals surface area contributed by atoms with Gasteiger partial charge in [0.05, 0.1) is 19.1 Å². The van der Waals surface area contributed by atoms with Crippen LogP contribution in [0.1, 0.15) is 80.0 Å². The summed E-state index contributed by atoms with van der Waals surface area (Å²) in [6.07, 6.45) is 7.93. The first-order valence-corrected chi connectivity index (χ1v) is 11.9. The third-order valence-electron chi connectivity index (χ3n) is 6.67. The van der Waals surface area contributed by atoms with Crippen molar-refractivity contribution in [1.29, 1.82) is 0 Å². The van der Waals surface area contributed by atoms with Gasteiger partial charge >= 0.3 is 0 Å². The fraction of sp³-hybridized carbons (Fsp3) is 0.600. The molecule has 0 N–H and O–H groups in total. The van der Waals surface area contributed by atoms with E-state index in [-0.39, 0.29) is 24.0 Å². The summed E-state index contributed by atoms with van der Waals surface area (Å²) in [6, 6.07) is 2.67. The number of benzene rings is 1. The zero-order chi connectivity index (χ0) is 22.5. The molecule has 1 aliphatic carbocycles. The van der Waals surface area contributed by atoms with E-state index in [4.69, 9.17) is 9.15 Å². The molecule has 1 aromatic heterocycles. The fourth-order valence-electron chi connectivity index (χ4n) is 4.91. The predicted molar refractivity (Wildman–Crippen MR) is 119 cm³/mol. The molecule has 4 rings (SSSR count). The van der Waals surface area contributed by atoms with E-state index in [1.807, 2.05) is 4.90 Å². The first-order chi connectivity index (χ1) is 15.6. The van der Waals surface area contributed by atoms with Gasteiger partial charge in [0, 0.05) is 31.1 Å². The van der Waals surface area contributed by atoms with Gasteiger partial charge in [-0.05, 0) is 24.8 Å². The lowest BCUT2D eigenvalue weighted by atomic mass is 9.80. The van der Waals surface area contributed by atoms with Crippen molar-refractivity contribution in [2.45, 2.75) is 63.7 Å². The summed E-state index contributed by atoms with van der Waals surface area (Å²) in [7, 11) is 0. The Bertz CT molecular complexity index is 945. The molecule has 1 radical (unpaired) electrons. The topological polar surface area (TPSA) is 72.6 Å². The van der Waals surface area contributed by atoms with Gasteiger partial charge in [-0.15, -0.1) is 0 Å². The van der Waals surface area contributed by atoms with Gasteiger partial charge in [0.2, 0.25) is 11.7 Å². The second-order valence-electron chi connectivity index (χ2n) is 8.97. The number of ketones is 1. The molecular weight excluding hydrogens is 411 g/mol. The van der Waals surface area contributed by atoms with Crippen molar-refractivity contribution in [1.82, 2.24) is 9.88 Å². The zero-order valence-corrected chi connectivity index (χ0v) is 18.6. The van der Waals surface area contributed by atoms with Crippen molar-refractivity contribution in [2.24, 2.45) is 5.92 Å². The molecule has 173 valence electrons. The molecular formula is C25H32FN2O4. The minimum absolute atomic E-state index is 0.0180. The highest BCUT2D eigenvalue weighted by Gasteiger charge is 2.33. The van der Waals surface area contributed by atoms with E-state index in [0.29, 0.717) is 68.1 Å². The van der Waals surface area contributed by atoms with Crippen molar-refractivity contribution < 1.29 is 23.1 Å². The summed E-state index contributed by atoms with van der Waals surface area (Å²) in [5.41, 5.74) is 1.15. The highest BCUT2D eigenvalue weighted by Crippen LogP contribution is 2.38. The van der Waals surface area contributed by atoms with Gasteiger partial charge in [-0.2, -0.15) is 0 Å². The molecule has 1 atom stereocenters. The SMILES string of the molecule is [CH2]CCCC(=O)c1nc2cc(F)cc(C(CC3CCCCC3)C(=O)N3CCOCC3)c2o1. The second kappa shape index (κ2) is 10.6. The van der Waals surface area contributed by atoms with Gasteiger partial charge in [0.25, 0.3) is 5.89 Å². The van der Waals surface area contributed by atoms with E-state index in [2.05, 4.69) is 11.9 Å². The highest BCUT2D eigenvalue weighted by atomic mass is 19.1. The molecule has 32 heavy (non-hydrogen) atoms. The maximum atomic E-state index is 14.6. The Labute approximate surface area is 188 Å². The lowest BCUT2D eigenvalue weighted by Crippen LogP contribution is -2.43. The van der Waals surface area contributed by atoms with Gasteiger partial charge in [0.1, 0.15) is 11.3 Å². The number of carbonyl (C=O) groups excluding carboxylic acids is 2. The molecule has 7 heteroatoms. The zero-order valence-electron chi connectivity index (χ0n) is 18.6. The minimum atomic E-state index is -0.523. The fourth-order valence-corrected chi connectivity index (χ4v) is 4.91. The van der Waals surface area contributed by atoms with Crippen molar-refractivity contribution in [3.63, 3.8) is 0 Å². The van der Waals surface area contributed by atoms with Gasteiger partial charge in [-0.1, -0.05) is 45.4 Å². The van der Waals surface area contributed by atoms with Crippen LogP contribution >= 0.6 is 0 Å². The number of halogens is 1. The van der Waals surface area contributed by atoms with Crippen LogP contribution in [-0.4, -0.2) is 47.9 Å². The molecule has 1 saturated carbocycles. The van der Waals surface area contributed by atoms with E-state index >= 15 is 0 Å². The van der Waals surface area contributed by atoms with E-state index in [1.165, 1.54) is 18.6 Å². The minimum Gasteiger partial charge on any atom is -0.433 e. The Balaban J connectivity index is 1.70. The average Bonchev–Trinajstić information content (AvgIpc) is 3.25. The number of nitrogens with zero attached hydrogens (tertiary/aromatic N) is 2. The Kier molecular flexibility index (Phi) is 7.55. The van der Waals surface area contributed by atoms with Crippen molar-refractivity contribution in [3.8, 4) is 0 Å². The smallest absolute Gasteiger partial charge is 0.264 e. The third-order valence-corrected chi connectivity index (χ3v) is 6.67. The van der Waals surface area contributed by atoms with Crippen LogP contribution in [-0.2, 0) is 9.53 Å². The lowest BCUT2D eigenvalue weighted by molar-refractivity contribution is -0.137. The number of hydrogen-bond donors (Lipinski definition) is 0. The van der Waals surface area contributed by atoms with Gasteiger partial charge < -0.3 is 14.1 Å². The normalized spacial score (nSPS) is 18.8. The maximum absolute atomic E-state index is 14.6. The summed E-state index contributed by atoms with van der Waals surface area (Å²) < 4.78 is 25.9. The third kappa shape index (κ3) is 5.20. The van der Waals surface area contributed by atoms with Crippen LogP contribution in [0.15, 0.2) is 16.5 Å². The monoisotopic (exact) mass is 443 g/mol. The number of unbranched alkanes of at least 4 members (excludes halogenated alkanes) is 1. The Morgan fingerprint density at radius 1 is 1.19 bits per heavy atom. The van der Waals surface area contributed by atoms with Crippen molar-refractivity contribution in [3.05, 3.63) is 36.3 Å². The quantitative estimate of drug-likeness (QED) is 0.533. The molecule has 0 bridgehead atoms. The first-order valence-electron chi connectivity index (χ1n) is 11.9. The predicted octanol–water partition coefficient (Wildman–Crippen LogP) is 5.07. The molecule has 1 aromatic carbocycles. The number of rotatable bonds is 8. The first kappa shape index (κ1) is 22.9. The van der Waals surface area contributed by atoms with Crippen LogP contribution in [0.3, 0.4) is 0 Å². The summed E-state index contributed by atoms with van der Waals surface area (Å²) in [4.78, 5) is 32.2. The number of morpholine rings is 1. The molecule has 1 unspecified atom stereocenters. The second-order valence-corrected chi connectivity index (χ2v) is 8.97. The van der Waals surface area contributed by atoms with Crippen LogP contribution in [0.4, 0.5) is 4.39 Å². The van der Waals surface area contributed by atoms with Gasteiger partial charge in [0.15, 0.2) is 5.58 Å². The number of hydrogen-bond acceptors (Lipinski definition) is 5. The molecule has 1 saturated heterocycles. The number of oxazole rings is 1. The number of Topliss-reactive ketones (excluding diaryl/α,β-unsaturated/α-hetero) is 1. The standard InChI is InChI=1S/C25H32FN2O4/c1-2-3-9-22(29)24-27-21-16-18(26)15-19(23(21)32-24)20(14-17-7-5-4-6-8-17)25(30)28-10-12-31-13-11-28/h15-17,20H,1-14H2. The molecule has 0 spiro atoms. The average molecular weight is 444 g/mol. The van der Waals surface area contributed by atoms with Crippen LogP contribution < -0.4 is 0 Å². The van der Waals surface area contributed by atoms with Crippen molar-refractivity contribution >= 4 is 22.8 Å². The molecule has 1 amide bonds. The molecule has 2 heterocycles. The summed E-state index contributed by atoms with van der Waals surface area (Å²) in [6.45, 7) is 5.84. The van der Waals surface area contributed by atoms with E-state index in [9.17, 15) is 14.0 Å². The molecule has 2 aromatic rings. The number of ether oxygens (including phenoxy) is 1. The molecule has 6 nitrogen and oxygen atoms in total. The number of amides is 1. The summed E-state index contributed by atoms with van der Waals surface area (Å²) in [5, 5.41) is 0. The Hall–Kier alpha value is -2.28. The van der Waals surface area contributed by atoms with Gasteiger partial charge in [-0.25, -0.2) is 9.37 Å². The van der Waals surface area contributed by atoms with E-state index in [0.717, 1.165) is 25.7 Å². The number of aromatic nitrogens is 1. The largest absolute Gasteiger partial charge is 0.433 e. The number of carbonyl (C=O) groups is 2. The summed E-state index contributed by atoms with van der Waals surface area (Å²) in [5.74, 6) is -0.841. The van der Waals surface area contributed by atoms with Crippen molar-refractivity contribution in [2.75, 3.05) is 26.3 Å². The van der Waals surface area contributed by atoms with Crippen LogP contribution in [0.25, 0.3) is 11.1 Å². The lowest BCUT2D eigenvalue weighted by Gasteiger charge is -2.33. The maximum Gasteiger partial charge on any atom is 0.264 e. The van der Waals surface area contributed by atoms with E-state index < -0.39 is 11.7 Å². The molecule has 1 aliphatic heterocycles. The van der Waals surface area contributed by atoms with Gasteiger partial charge in [-0.3, -0.25) is 9.59 Å². The van der Waals surface area contributed by atoms with Crippen LogP contribution in [0.5, 0.6) is 0 Å². The van der Waals surface area contributed by atoms with Crippen LogP contribution in [0, 0.1) is 18.7 Å². The highest BCUT2D eigenvalue weighted by molar-refractivity contribution is 5.95. The molecule has 2 aliphatic rings. The van der Waals surface area contributed by atoms with Crippen LogP contribution in [0.2, 0.25) is 0 Å². The Morgan fingerprint density at radius 2 is 1.94 bits per heavy atom. The number of fused-ring (bicyclic) bond motifs is 1. The van der Waals surface area contributed by atoms with E-state index in [1.54, 1.807) is 0 Å². The summed E-state index contributed by atoms with van der Waals surface area (Å²) >= 11 is 0. The Morgan fingerprint density at radius 3 is 2.66 bits per heavy atom. The molecule has 2 fully saturated rings.